The van der Waals surface area contributed by atoms with Gasteiger partial charge in [0.25, 0.3) is 6.43 Å². The maximum Gasteiger partial charge on any atom is 0.263 e. The van der Waals surface area contributed by atoms with Crippen LogP contribution in [-0.2, 0) is 6.61 Å². The van der Waals surface area contributed by atoms with E-state index in [0.717, 1.165) is 6.54 Å². The molecule has 0 unspecified atom stereocenters. The van der Waals surface area contributed by atoms with Crippen LogP contribution in [0, 0.1) is 18.3 Å². The van der Waals surface area contributed by atoms with E-state index in [0.29, 0.717) is 41.9 Å². The van der Waals surface area contributed by atoms with Gasteiger partial charge in [-0.3, -0.25) is 5.32 Å². The largest absolute Gasteiger partial charge is 0.470 e. The molecular formula is C20H20F2N8O. The molecule has 9 nitrogen and oxygen atoms in total. The van der Waals surface area contributed by atoms with Crippen molar-refractivity contribution < 1.29 is 13.5 Å². The summed E-state index contributed by atoms with van der Waals surface area (Å²) in [6.45, 7) is 3.90. The lowest BCUT2D eigenvalue weighted by Crippen LogP contribution is -2.50. The first-order chi connectivity index (χ1) is 15.0. The Morgan fingerprint density at radius 2 is 2.00 bits per heavy atom. The lowest BCUT2D eigenvalue weighted by molar-refractivity contribution is 0.151. The van der Waals surface area contributed by atoms with Gasteiger partial charge in [0.1, 0.15) is 18.3 Å². The predicted octanol–water partition coefficient (Wildman–Crippen LogP) is 2.18. The number of alkyl halides is 2. The standard InChI is InChI=1S/C20H20F2N8O/c1-13-17(30(28-25-13)16-4-2-14(3-5-16)20(21)22)12-31-19-7-6-18(26-27-19)29-9-8-24-15(10-23)11-29/h2-7,15,20,24H,8-9,11-12H2,1H3/t15-/m1/s1. The van der Waals surface area contributed by atoms with E-state index in [1.54, 1.807) is 35.9 Å². The number of aromatic nitrogens is 5. The minimum atomic E-state index is -2.53. The smallest absolute Gasteiger partial charge is 0.263 e. The first-order valence-electron chi connectivity index (χ1n) is 9.69. The maximum absolute atomic E-state index is 12.8. The van der Waals surface area contributed by atoms with E-state index in [2.05, 4.69) is 31.9 Å². The molecule has 0 bridgehead atoms. The molecule has 31 heavy (non-hydrogen) atoms. The van der Waals surface area contributed by atoms with Crippen molar-refractivity contribution in [1.82, 2.24) is 30.5 Å². The molecule has 3 heterocycles. The number of rotatable bonds is 6. The molecule has 2 aromatic heterocycles. The van der Waals surface area contributed by atoms with E-state index < -0.39 is 6.43 Å². The van der Waals surface area contributed by atoms with Crippen LogP contribution < -0.4 is 15.0 Å². The molecule has 4 rings (SSSR count). The Hall–Kier alpha value is -3.65. The van der Waals surface area contributed by atoms with Crippen molar-refractivity contribution in [3.63, 3.8) is 0 Å². The van der Waals surface area contributed by atoms with E-state index in [-0.39, 0.29) is 18.2 Å². The third kappa shape index (κ3) is 4.59. The van der Waals surface area contributed by atoms with Crippen molar-refractivity contribution in [2.75, 3.05) is 24.5 Å². The number of hydrogen-bond acceptors (Lipinski definition) is 8. The van der Waals surface area contributed by atoms with E-state index in [4.69, 9.17) is 10.00 Å². The summed E-state index contributed by atoms with van der Waals surface area (Å²) in [6, 6.07) is 11.3. The van der Waals surface area contributed by atoms with Crippen molar-refractivity contribution in [1.29, 1.82) is 5.26 Å². The average molecular weight is 426 g/mol. The number of halogens is 2. The number of aryl methyl sites for hydroxylation is 1. The summed E-state index contributed by atoms with van der Waals surface area (Å²) >= 11 is 0. The number of piperazine rings is 1. The van der Waals surface area contributed by atoms with Crippen molar-refractivity contribution in [3.8, 4) is 17.6 Å². The minimum absolute atomic E-state index is 0.0562. The molecule has 1 saturated heterocycles. The Balaban J connectivity index is 1.44. The predicted molar refractivity (Wildman–Crippen MR) is 107 cm³/mol. The molecule has 3 aromatic rings. The van der Waals surface area contributed by atoms with Crippen molar-refractivity contribution >= 4 is 5.82 Å². The van der Waals surface area contributed by atoms with Crippen LogP contribution in [0.3, 0.4) is 0 Å². The molecule has 160 valence electrons. The van der Waals surface area contributed by atoms with Gasteiger partial charge in [-0.05, 0) is 25.1 Å². The van der Waals surface area contributed by atoms with Gasteiger partial charge in [-0.1, -0.05) is 17.3 Å². The summed E-state index contributed by atoms with van der Waals surface area (Å²) in [6.07, 6.45) is -2.53. The Labute approximate surface area is 177 Å². The maximum atomic E-state index is 12.8. The van der Waals surface area contributed by atoms with Gasteiger partial charge >= 0.3 is 0 Å². The number of ether oxygens (including phenoxy) is 1. The van der Waals surface area contributed by atoms with Gasteiger partial charge in [-0.25, -0.2) is 13.5 Å². The molecule has 1 fully saturated rings. The number of nitrogens with one attached hydrogen (secondary N) is 1. The Bertz CT molecular complexity index is 1060. The van der Waals surface area contributed by atoms with Gasteiger partial charge in [0.15, 0.2) is 5.82 Å². The van der Waals surface area contributed by atoms with Crippen LogP contribution in [0.5, 0.6) is 5.88 Å². The zero-order chi connectivity index (χ0) is 21.8. The summed E-state index contributed by atoms with van der Waals surface area (Å²) in [5.41, 5.74) is 1.88. The van der Waals surface area contributed by atoms with Crippen LogP contribution in [0.25, 0.3) is 5.69 Å². The van der Waals surface area contributed by atoms with Crippen molar-refractivity contribution in [3.05, 3.63) is 53.3 Å². The number of hydrogen-bond donors (Lipinski definition) is 1. The number of benzene rings is 1. The highest BCUT2D eigenvalue weighted by Crippen LogP contribution is 2.22. The van der Waals surface area contributed by atoms with Crippen LogP contribution in [0.4, 0.5) is 14.6 Å². The number of nitriles is 1. The number of nitrogens with zero attached hydrogens (tertiary/aromatic N) is 7. The van der Waals surface area contributed by atoms with E-state index in [9.17, 15) is 8.78 Å². The van der Waals surface area contributed by atoms with Crippen LogP contribution in [0.1, 0.15) is 23.4 Å². The fraction of sp³-hybridized carbons (Fsp3) is 0.350. The Morgan fingerprint density at radius 3 is 2.68 bits per heavy atom. The zero-order valence-corrected chi connectivity index (χ0v) is 16.7. The topological polar surface area (TPSA) is 105 Å². The monoisotopic (exact) mass is 426 g/mol. The Morgan fingerprint density at radius 1 is 1.19 bits per heavy atom. The molecule has 0 aliphatic carbocycles. The molecule has 1 N–H and O–H groups in total. The van der Waals surface area contributed by atoms with E-state index >= 15 is 0 Å². The molecule has 0 radical (unpaired) electrons. The zero-order valence-electron chi connectivity index (χ0n) is 16.7. The van der Waals surface area contributed by atoms with Gasteiger partial charge in [0.2, 0.25) is 5.88 Å². The summed E-state index contributed by atoms with van der Waals surface area (Å²) in [5, 5.41) is 28.7. The second kappa shape index (κ2) is 9.01. The first kappa shape index (κ1) is 20.6. The van der Waals surface area contributed by atoms with Crippen molar-refractivity contribution in [2.45, 2.75) is 26.0 Å². The molecule has 0 amide bonds. The average Bonchev–Trinajstić information content (AvgIpc) is 3.18. The molecule has 0 spiro atoms. The molecule has 1 aliphatic heterocycles. The third-order valence-electron chi connectivity index (χ3n) is 4.99. The van der Waals surface area contributed by atoms with E-state index in [1.807, 2.05) is 4.90 Å². The van der Waals surface area contributed by atoms with Crippen LogP contribution in [0.15, 0.2) is 36.4 Å². The summed E-state index contributed by atoms with van der Waals surface area (Å²) in [7, 11) is 0. The Kier molecular flexibility index (Phi) is 5.99. The van der Waals surface area contributed by atoms with Gasteiger partial charge in [-0.15, -0.1) is 15.3 Å². The molecular weight excluding hydrogens is 406 g/mol. The van der Waals surface area contributed by atoms with Crippen LogP contribution >= 0.6 is 0 Å². The van der Waals surface area contributed by atoms with Gasteiger partial charge < -0.3 is 9.64 Å². The van der Waals surface area contributed by atoms with E-state index in [1.165, 1.54) is 12.1 Å². The third-order valence-corrected chi connectivity index (χ3v) is 4.99. The summed E-state index contributed by atoms with van der Waals surface area (Å²) in [5.74, 6) is 1.01. The normalized spacial score (nSPS) is 16.4. The fourth-order valence-electron chi connectivity index (χ4n) is 3.26. The summed E-state index contributed by atoms with van der Waals surface area (Å²) in [4.78, 5) is 1.99. The van der Waals surface area contributed by atoms with Gasteiger partial charge in [0.05, 0.1) is 17.5 Å². The highest BCUT2D eigenvalue weighted by molar-refractivity contribution is 5.40. The van der Waals surface area contributed by atoms with Crippen molar-refractivity contribution in [2.24, 2.45) is 0 Å². The second-order valence-electron chi connectivity index (χ2n) is 7.03. The highest BCUT2D eigenvalue weighted by atomic mass is 19.3. The lowest BCUT2D eigenvalue weighted by atomic mass is 10.2. The minimum Gasteiger partial charge on any atom is -0.470 e. The molecule has 1 atom stereocenters. The SMILES string of the molecule is Cc1nnn(-c2ccc(C(F)F)cc2)c1COc1ccc(N2CCN[C@H](C#N)C2)nn1. The highest BCUT2D eigenvalue weighted by Gasteiger charge is 2.20. The van der Waals surface area contributed by atoms with Crippen LogP contribution in [-0.4, -0.2) is 50.9 Å². The van der Waals surface area contributed by atoms with Crippen LogP contribution in [0.2, 0.25) is 0 Å². The first-order valence-corrected chi connectivity index (χ1v) is 9.69. The van der Waals surface area contributed by atoms with Gasteiger partial charge in [-0.2, -0.15) is 5.26 Å². The van der Waals surface area contributed by atoms with Gasteiger partial charge in [0, 0.05) is 31.3 Å². The molecule has 1 aromatic carbocycles. The number of anilines is 1. The second-order valence-corrected chi connectivity index (χ2v) is 7.03. The summed E-state index contributed by atoms with van der Waals surface area (Å²) < 4.78 is 32.9. The fourth-order valence-corrected chi connectivity index (χ4v) is 3.26. The molecule has 11 heteroatoms. The molecule has 0 saturated carbocycles. The molecule has 1 aliphatic rings. The quantitative estimate of drug-likeness (QED) is 0.640. The lowest BCUT2D eigenvalue weighted by Gasteiger charge is -2.30.